The summed E-state index contributed by atoms with van der Waals surface area (Å²) in [5, 5.41) is 8.14. The van der Waals surface area contributed by atoms with Gasteiger partial charge in [-0.1, -0.05) is 36.9 Å². The van der Waals surface area contributed by atoms with Gasteiger partial charge in [0, 0.05) is 54.4 Å². The Bertz CT molecular complexity index is 1810. The van der Waals surface area contributed by atoms with Crippen molar-refractivity contribution in [1.29, 1.82) is 0 Å². The molecule has 1 fully saturated rings. The van der Waals surface area contributed by atoms with E-state index in [9.17, 15) is 13.6 Å². The average Bonchev–Trinajstić information content (AvgIpc) is 3.80. The first kappa shape index (κ1) is 27.2. The van der Waals surface area contributed by atoms with Crippen molar-refractivity contribution in [3.05, 3.63) is 102 Å². The minimum Gasteiger partial charge on any atom is -0.339 e. The van der Waals surface area contributed by atoms with E-state index in [-0.39, 0.29) is 17.5 Å². The predicted molar refractivity (Wildman–Crippen MR) is 160 cm³/mol. The molecular weight excluding hydrogens is 548 g/mol. The number of carbonyl (C=O) groups excluding carboxylic acids is 1. The van der Waals surface area contributed by atoms with E-state index in [0.29, 0.717) is 34.4 Å². The number of aromatic nitrogens is 5. The number of fused-ring (bicyclic) bond motifs is 2. The van der Waals surface area contributed by atoms with Gasteiger partial charge in [-0.05, 0) is 73.2 Å². The van der Waals surface area contributed by atoms with Crippen molar-refractivity contribution in [2.75, 3.05) is 13.1 Å². The van der Waals surface area contributed by atoms with Crippen molar-refractivity contribution in [3.8, 4) is 22.9 Å². The van der Waals surface area contributed by atoms with Crippen molar-refractivity contribution in [3.63, 3.8) is 0 Å². The van der Waals surface area contributed by atoms with Crippen LogP contribution in [0.2, 0.25) is 0 Å². The fourth-order valence-electron chi connectivity index (χ4n) is 6.39. The van der Waals surface area contributed by atoms with E-state index >= 15 is 0 Å². The minimum absolute atomic E-state index is 0.00834. The summed E-state index contributed by atoms with van der Waals surface area (Å²) >= 11 is 0. The second-order valence-electron chi connectivity index (χ2n) is 11.1. The molecule has 0 radical (unpaired) electrons. The molecule has 0 spiro atoms. The van der Waals surface area contributed by atoms with E-state index in [1.165, 1.54) is 23.3 Å². The number of alkyl halides is 2. The Morgan fingerprint density at radius 3 is 2.63 bits per heavy atom. The minimum atomic E-state index is -2.65. The van der Waals surface area contributed by atoms with Gasteiger partial charge < -0.3 is 10.2 Å². The largest absolute Gasteiger partial charge is 0.339 e. The molecule has 1 N–H and O–H groups in total. The first-order chi connectivity index (χ1) is 21.0. The molecule has 1 atom stereocenters. The molecule has 7 rings (SSSR count). The predicted octanol–water partition coefficient (Wildman–Crippen LogP) is 5.96. The molecule has 1 amide bonds. The Labute approximate surface area is 247 Å². The van der Waals surface area contributed by atoms with E-state index in [1.807, 2.05) is 39.9 Å². The van der Waals surface area contributed by atoms with Gasteiger partial charge in [0.1, 0.15) is 11.3 Å². The molecule has 3 aromatic heterocycles. The molecule has 0 saturated carbocycles. The molecule has 2 aromatic carbocycles. The highest BCUT2D eigenvalue weighted by Crippen LogP contribution is 2.38. The van der Waals surface area contributed by atoms with E-state index in [2.05, 4.69) is 29.1 Å². The molecule has 43 heavy (non-hydrogen) atoms. The van der Waals surface area contributed by atoms with Crippen LogP contribution in [-0.4, -0.2) is 54.3 Å². The van der Waals surface area contributed by atoms with E-state index in [1.54, 1.807) is 29.1 Å². The number of benzene rings is 2. The molecule has 0 bridgehead atoms. The Morgan fingerprint density at radius 1 is 1.02 bits per heavy atom. The number of halogens is 2. The first-order valence-corrected chi connectivity index (χ1v) is 14.6. The Hall–Kier alpha value is -4.70. The lowest BCUT2D eigenvalue weighted by atomic mass is 10.0. The summed E-state index contributed by atoms with van der Waals surface area (Å²) in [4.78, 5) is 23.5. The molecule has 10 heteroatoms. The van der Waals surface area contributed by atoms with Gasteiger partial charge in [0.25, 0.3) is 6.43 Å². The quantitative estimate of drug-likeness (QED) is 0.241. The van der Waals surface area contributed by atoms with Gasteiger partial charge in [0.15, 0.2) is 11.5 Å². The maximum atomic E-state index is 14.2. The van der Waals surface area contributed by atoms with Crippen LogP contribution in [0, 0.1) is 0 Å². The molecule has 5 aromatic rings. The third kappa shape index (κ3) is 5.01. The summed E-state index contributed by atoms with van der Waals surface area (Å²) in [5.74, 6) is 1.02. The van der Waals surface area contributed by atoms with Crippen LogP contribution in [0.15, 0.2) is 85.7 Å². The number of aryl methyl sites for hydroxylation is 1. The Balaban J connectivity index is 1.26. The van der Waals surface area contributed by atoms with Crippen molar-refractivity contribution in [2.45, 2.75) is 44.2 Å². The number of nitrogens with one attached hydrogen (secondary N) is 1. The zero-order valence-electron chi connectivity index (χ0n) is 23.5. The van der Waals surface area contributed by atoms with Crippen LogP contribution in [0.25, 0.3) is 34.1 Å². The molecular formula is C33H31F2N7O. The van der Waals surface area contributed by atoms with Crippen molar-refractivity contribution >= 4 is 17.1 Å². The number of nitrogens with zero attached hydrogens (tertiary/aromatic N) is 6. The highest BCUT2D eigenvalue weighted by molar-refractivity contribution is 5.87. The zero-order chi connectivity index (χ0) is 29.5. The highest BCUT2D eigenvalue weighted by Gasteiger charge is 2.29. The topological polar surface area (TPSA) is 80.9 Å². The number of amides is 1. The molecule has 1 aliphatic heterocycles. The summed E-state index contributed by atoms with van der Waals surface area (Å²) < 4.78 is 31.9. The molecule has 1 aliphatic carbocycles. The molecule has 0 unspecified atom stereocenters. The van der Waals surface area contributed by atoms with Crippen LogP contribution in [0.4, 0.5) is 8.78 Å². The highest BCUT2D eigenvalue weighted by atomic mass is 19.3. The smallest absolute Gasteiger partial charge is 0.264 e. The summed E-state index contributed by atoms with van der Waals surface area (Å²) in [7, 11) is 0. The number of hydrogen-bond donors (Lipinski definition) is 1. The van der Waals surface area contributed by atoms with Gasteiger partial charge >= 0.3 is 0 Å². The van der Waals surface area contributed by atoms with Crippen molar-refractivity contribution in [1.82, 2.24) is 34.5 Å². The van der Waals surface area contributed by atoms with Crippen LogP contribution < -0.4 is 5.32 Å². The monoisotopic (exact) mass is 579 g/mol. The van der Waals surface area contributed by atoms with Crippen molar-refractivity contribution < 1.29 is 13.6 Å². The summed E-state index contributed by atoms with van der Waals surface area (Å²) in [5.41, 5.74) is 4.76. The van der Waals surface area contributed by atoms with Gasteiger partial charge in [-0.2, -0.15) is 5.10 Å². The van der Waals surface area contributed by atoms with Crippen LogP contribution in [0.3, 0.4) is 0 Å². The summed E-state index contributed by atoms with van der Waals surface area (Å²) in [6, 6.07) is 18.9. The Morgan fingerprint density at radius 2 is 1.86 bits per heavy atom. The second-order valence-corrected chi connectivity index (χ2v) is 11.1. The number of likely N-dealkylation sites (tertiary alicyclic amines) is 1. The van der Waals surface area contributed by atoms with Crippen LogP contribution in [0.1, 0.15) is 48.4 Å². The Kier molecular flexibility index (Phi) is 7.06. The molecule has 2 aliphatic rings. The number of imidazole rings is 1. The lowest BCUT2D eigenvalue weighted by molar-refractivity contribution is -0.127. The first-order valence-electron chi connectivity index (χ1n) is 14.6. The van der Waals surface area contributed by atoms with Crippen LogP contribution in [-0.2, 0) is 11.2 Å². The molecule has 8 nitrogen and oxygen atoms in total. The lowest BCUT2D eigenvalue weighted by Crippen LogP contribution is -2.45. The summed E-state index contributed by atoms with van der Waals surface area (Å²) in [6.45, 7) is 5.06. The summed E-state index contributed by atoms with van der Waals surface area (Å²) in [6.07, 6.45) is 5.91. The maximum absolute atomic E-state index is 14.2. The van der Waals surface area contributed by atoms with Gasteiger partial charge in [-0.15, -0.1) is 0 Å². The van der Waals surface area contributed by atoms with Gasteiger partial charge in [-0.3, -0.25) is 9.36 Å². The second kappa shape index (κ2) is 11.2. The molecule has 218 valence electrons. The third-order valence-corrected chi connectivity index (χ3v) is 8.55. The van der Waals surface area contributed by atoms with Crippen LogP contribution in [0.5, 0.6) is 0 Å². The SMILES string of the molecule is C=CC(=O)N1CCC(N[C@H]2CCc3cc(-n4c(-c5ccccc5C(F)F)nc5ccc(-n6cccn6)nc54)ccc32)CC1. The maximum Gasteiger partial charge on any atom is 0.264 e. The van der Waals surface area contributed by atoms with Crippen LogP contribution >= 0.6 is 0 Å². The number of pyridine rings is 1. The van der Waals surface area contributed by atoms with E-state index in [4.69, 9.17) is 9.97 Å². The van der Waals surface area contributed by atoms with Gasteiger partial charge in [0.2, 0.25) is 5.91 Å². The molecule has 4 heterocycles. The number of carbonyl (C=O) groups is 1. The normalized spacial score (nSPS) is 17.1. The van der Waals surface area contributed by atoms with E-state index in [0.717, 1.165) is 44.5 Å². The number of hydrogen-bond acceptors (Lipinski definition) is 5. The third-order valence-electron chi connectivity index (χ3n) is 8.55. The zero-order valence-corrected chi connectivity index (χ0v) is 23.5. The van der Waals surface area contributed by atoms with Gasteiger partial charge in [0.05, 0.1) is 0 Å². The lowest BCUT2D eigenvalue weighted by Gasteiger charge is -2.33. The number of piperidine rings is 1. The molecule has 1 saturated heterocycles. The number of rotatable bonds is 7. The van der Waals surface area contributed by atoms with Crippen molar-refractivity contribution in [2.24, 2.45) is 0 Å². The standard InChI is InChI=1S/C33H31F2N7O/c1-2-30(43)40-18-14-22(15-19-40)37-27-11-8-21-20-23(9-10-24(21)27)42-32(26-7-4-3-6-25(26)31(34)35)38-28-12-13-29(39-33(28)42)41-17-5-16-36-41/h2-7,9-10,12-13,16-17,20,22,27,31,37H,1,8,11,14-15,18-19H2/t27-/m0/s1. The average molecular weight is 580 g/mol. The van der Waals surface area contributed by atoms with E-state index < -0.39 is 6.43 Å². The van der Waals surface area contributed by atoms with Gasteiger partial charge in [-0.25, -0.2) is 23.4 Å². The fourth-order valence-corrected chi connectivity index (χ4v) is 6.39. The fraction of sp³-hybridized carbons (Fsp3) is 0.273.